The van der Waals surface area contributed by atoms with Crippen LogP contribution in [0.2, 0.25) is 0 Å². The first-order chi connectivity index (χ1) is 13.0. The van der Waals surface area contributed by atoms with Crippen molar-refractivity contribution in [1.29, 1.82) is 0 Å². The minimum Gasteiger partial charge on any atom is -0.459 e. The number of rotatable bonds is 7. The van der Waals surface area contributed by atoms with Crippen LogP contribution in [0.4, 0.5) is 0 Å². The second-order valence-electron chi connectivity index (χ2n) is 9.59. The van der Waals surface area contributed by atoms with E-state index in [0.29, 0.717) is 11.8 Å². The fraction of sp³-hybridized carbons (Fsp3) is 0.750. The summed E-state index contributed by atoms with van der Waals surface area (Å²) in [5.74, 6) is 0.457. The van der Waals surface area contributed by atoms with E-state index >= 15 is 0 Å². The van der Waals surface area contributed by atoms with E-state index in [-0.39, 0.29) is 24.8 Å². The van der Waals surface area contributed by atoms with Crippen molar-refractivity contribution >= 4 is 11.9 Å². The zero-order valence-electron chi connectivity index (χ0n) is 18.3. The van der Waals surface area contributed by atoms with Gasteiger partial charge < -0.3 is 9.47 Å². The first-order valence-corrected chi connectivity index (χ1v) is 10.8. The normalized spacial score (nSPS) is 33.0. The van der Waals surface area contributed by atoms with Crippen LogP contribution in [0.3, 0.4) is 0 Å². The van der Waals surface area contributed by atoms with Gasteiger partial charge in [0.2, 0.25) is 0 Å². The highest BCUT2D eigenvalue weighted by molar-refractivity contribution is 5.78. The molecule has 0 unspecified atom stereocenters. The van der Waals surface area contributed by atoms with Crippen molar-refractivity contribution in [2.75, 3.05) is 0 Å². The Labute approximate surface area is 170 Å². The summed E-state index contributed by atoms with van der Waals surface area (Å²) in [4.78, 5) is 24.5. The lowest BCUT2D eigenvalue weighted by molar-refractivity contribution is -0.169. The SMILES string of the molecule is C=C(C)C1CCC(C)(OC(=O)CCC(=O)OC2(C)CCC(C(=C)C)CC2)CC1. The summed E-state index contributed by atoms with van der Waals surface area (Å²) < 4.78 is 11.5. The molecule has 0 aliphatic heterocycles. The monoisotopic (exact) mass is 390 g/mol. The molecule has 2 saturated carbocycles. The summed E-state index contributed by atoms with van der Waals surface area (Å²) in [6.07, 6.45) is 7.59. The fourth-order valence-corrected chi connectivity index (χ4v) is 4.50. The minimum absolute atomic E-state index is 0.0861. The summed E-state index contributed by atoms with van der Waals surface area (Å²) in [6.45, 7) is 16.2. The topological polar surface area (TPSA) is 52.6 Å². The fourth-order valence-electron chi connectivity index (χ4n) is 4.50. The van der Waals surface area contributed by atoms with Gasteiger partial charge in [-0.15, -0.1) is 0 Å². The molecular formula is C24H38O4. The van der Waals surface area contributed by atoms with Gasteiger partial charge in [-0.2, -0.15) is 0 Å². The van der Waals surface area contributed by atoms with Crippen LogP contribution < -0.4 is 0 Å². The van der Waals surface area contributed by atoms with Crippen LogP contribution in [0.15, 0.2) is 24.3 Å². The lowest BCUT2D eigenvalue weighted by atomic mass is 9.77. The van der Waals surface area contributed by atoms with Crippen LogP contribution in [0.1, 0.15) is 91.9 Å². The molecular weight excluding hydrogens is 352 g/mol. The Morgan fingerprint density at radius 3 is 1.29 bits per heavy atom. The lowest BCUT2D eigenvalue weighted by Gasteiger charge is -2.37. The van der Waals surface area contributed by atoms with E-state index in [4.69, 9.17) is 9.47 Å². The quantitative estimate of drug-likeness (QED) is 0.401. The third kappa shape index (κ3) is 6.49. The Hall–Kier alpha value is -1.58. The summed E-state index contributed by atoms with van der Waals surface area (Å²) in [5, 5.41) is 0. The Bertz CT molecular complexity index is 548. The van der Waals surface area contributed by atoms with Crippen molar-refractivity contribution < 1.29 is 19.1 Å². The van der Waals surface area contributed by atoms with Gasteiger partial charge in [-0.05, 0) is 90.9 Å². The van der Waals surface area contributed by atoms with E-state index < -0.39 is 11.2 Å². The molecule has 0 saturated heterocycles. The van der Waals surface area contributed by atoms with E-state index in [1.807, 2.05) is 13.8 Å². The van der Waals surface area contributed by atoms with Crippen LogP contribution in [0, 0.1) is 11.8 Å². The first kappa shape index (κ1) is 22.7. The molecule has 0 heterocycles. The molecule has 2 rings (SSSR count). The van der Waals surface area contributed by atoms with Gasteiger partial charge in [0.25, 0.3) is 0 Å². The largest absolute Gasteiger partial charge is 0.459 e. The predicted octanol–water partition coefficient (Wildman–Crippen LogP) is 5.90. The van der Waals surface area contributed by atoms with Gasteiger partial charge in [-0.3, -0.25) is 9.59 Å². The highest BCUT2D eigenvalue weighted by Crippen LogP contribution is 2.38. The molecule has 0 aromatic heterocycles. The van der Waals surface area contributed by atoms with Gasteiger partial charge in [0.05, 0.1) is 12.8 Å². The van der Waals surface area contributed by atoms with Crippen LogP contribution >= 0.6 is 0 Å². The van der Waals surface area contributed by atoms with Gasteiger partial charge in [0.1, 0.15) is 11.2 Å². The molecule has 158 valence electrons. The second-order valence-corrected chi connectivity index (χ2v) is 9.59. The number of hydrogen-bond donors (Lipinski definition) is 0. The van der Waals surface area contributed by atoms with Crippen LogP contribution in [0.5, 0.6) is 0 Å². The van der Waals surface area contributed by atoms with Gasteiger partial charge in [-0.25, -0.2) is 0 Å². The van der Waals surface area contributed by atoms with Gasteiger partial charge in [-0.1, -0.05) is 24.3 Å². The molecule has 0 atom stereocenters. The third-order valence-electron chi connectivity index (χ3n) is 6.73. The standard InChI is InChI=1S/C24H38O4/c1-17(2)19-9-13-23(5,14-10-19)27-21(25)7-8-22(26)28-24(6)15-11-20(12-16-24)18(3)4/h19-20H,1,3,7-16H2,2,4-6H3. The Morgan fingerprint density at radius 2 is 1.04 bits per heavy atom. The number of hydrogen-bond acceptors (Lipinski definition) is 4. The summed E-state index contributed by atoms with van der Waals surface area (Å²) in [6, 6.07) is 0. The molecule has 0 radical (unpaired) electrons. The summed E-state index contributed by atoms with van der Waals surface area (Å²) >= 11 is 0. The van der Waals surface area contributed by atoms with Crippen molar-refractivity contribution in [3.63, 3.8) is 0 Å². The summed E-state index contributed by atoms with van der Waals surface area (Å²) in [7, 11) is 0. The molecule has 0 aromatic rings. The van der Waals surface area contributed by atoms with Crippen molar-refractivity contribution in [2.45, 2.75) is 103 Å². The van der Waals surface area contributed by atoms with Gasteiger partial charge >= 0.3 is 11.9 Å². The molecule has 2 aliphatic rings. The molecule has 28 heavy (non-hydrogen) atoms. The number of ether oxygens (including phenoxy) is 2. The number of carbonyl (C=O) groups is 2. The van der Waals surface area contributed by atoms with Crippen molar-refractivity contribution in [1.82, 2.24) is 0 Å². The Balaban J connectivity index is 1.72. The minimum atomic E-state index is -0.417. The van der Waals surface area contributed by atoms with Crippen LogP contribution in [-0.2, 0) is 19.1 Å². The lowest BCUT2D eigenvalue weighted by Crippen LogP contribution is -2.37. The third-order valence-corrected chi connectivity index (χ3v) is 6.73. The second kappa shape index (κ2) is 9.28. The number of carbonyl (C=O) groups excluding carboxylic acids is 2. The zero-order valence-corrected chi connectivity index (χ0v) is 18.3. The molecule has 4 heteroatoms. The maximum absolute atomic E-state index is 12.3. The molecule has 0 bridgehead atoms. The van der Waals surface area contributed by atoms with Crippen molar-refractivity contribution in [3.05, 3.63) is 24.3 Å². The van der Waals surface area contributed by atoms with E-state index in [1.54, 1.807) is 0 Å². The molecule has 2 fully saturated rings. The molecule has 2 aliphatic carbocycles. The van der Waals surface area contributed by atoms with E-state index in [9.17, 15) is 9.59 Å². The van der Waals surface area contributed by atoms with E-state index in [0.717, 1.165) is 51.4 Å². The zero-order chi connectivity index (χ0) is 20.9. The number of allylic oxidation sites excluding steroid dienone is 2. The average molecular weight is 391 g/mol. The van der Waals surface area contributed by atoms with E-state index in [1.165, 1.54) is 11.1 Å². The highest BCUT2D eigenvalue weighted by Gasteiger charge is 2.36. The van der Waals surface area contributed by atoms with Crippen LogP contribution in [-0.4, -0.2) is 23.1 Å². The molecule has 0 aromatic carbocycles. The molecule has 0 N–H and O–H groups in total. The predicted molar refractivity (Wildman–Crippen MR) is 112 cm³/mol. The maximum Gasteiger partial charge on any atom is 0.306 e. The maximum atomic E-state index is 12.3. The smallest absolute Gasteiger partial charge is 0.306 e. The van der Waals surface area contributed by atoms with Crippen LogP contribution in [0.25, 0.3) is 0 Å². The highest BCUT2D eigenvalue weighted by atomic mass is 16.6. The van der Waals surface area contributed by atoms with Gasteiger partial charge in [0, 0.05) is 0 Å². The Morgan fingerprint density at radius 1 is 0.750 bits per heavy atom. The van der Waals surface area contributed by atoms with Crippen molar-refractivity contribution in [3.8, 4) is 0 Å². The average Bonchev–Trinajstić information content (AvgIpc) is 2.60. The molecule has 4 nitrogen and oxygen atoms in total. The molecule has 0 spiro atoms. The van der Waals surface area contributed by atoms with Gasteiger partial charge in [0.15, 0.2) is 0 Å². The Kier molecular flexibility index (Phi) is 7.52. The number of esters is 2. The molecule has 0 amide bonds. The van der Waals surface area contributed by atoms with Crippen molar-refractivity contribution in [2.24, 2.45) is 11.8 Å². The first-order valence-electron chi connectivity index (χ1n) is 10.8. The summed E-state index contributed by atoms with van der Waals surface area (Å²) in [5.41, 5.74) is 1.59. The van der Waals surface area contributed by atoms with E-state index in [2.05, 4.69) is 27.0 Å².